The highest BCUT2D eigenvalue weighted by Crippen LogP contribution is 2.35. The molecular formula is C17H21ClF2N2O2. The molecule has 2 saturated heterocycles. The normalized spacial score (nSPS) is 25.4. The second-order valence-corrected chi connectivity index (χ2v) is 7.05. The predicted octanol–water partition coefficient (Wildman–Crippen LogP) is 2.50. The van der Waals surface area contributed by atoms with Crippen molar-refractivity contribution < 1.29 is 18.3 Å². The zero-order valence-corrected chi connectivity index (χ0v) is 14.0. The van der Waals surface area contributed by atoms with E-state index < -0.39 is 24.9 Å². The Kier molecular flexibility index (Phi) is 5.08. The number of rotatable bonds is 4. The first-order valence-electron chi connectivity index (χ1n) is 8.13. The third-order valence-electron chi connectivity index (χ3n) is 4.91. The molecule has 0 aliphatic carbocycles. The molecular weight excluding hydrogens is 338 g/mol. The van der Waals surface area contributed by atoms with E-state index in [0.717, 1.165) is 18.4 Å². The summed E-state index contributed by atoms with van der Waals surface area (Å²) in [5, 5.41) is 6.09. The van der Waals surface area contributed by atoms with Crippen molar-refractivity contribution in [3.05, 3.63) is 34.9 Å². The zero-order valence-electron chi connectivity index (χ0n) is 13.3. The van der Waals surface area contributed by atoms with Crippen LogP contribution in [0, 0.1) is 0 Å². The quantitative estimate of drug-likeness (QED) is 0.869. The number of carbonyl (C=O) groups is 1. The van der Waals surface area contributed by atoms with Gasteiger partial charge in [-0.25, -0.2) is 8.78 Å². The van der Waals surface area contributed by atoms with Crippen molar-refractivity contribution in [2.45, 2.75) is 36.6 Å². The van der Waals surface area contributed by atoms with Crippen molar-refractivity contribution in [1.82, 2.24) is 10.6 Å². The zero-order chi connectivity index (χ0) is 17.2. The van der Waals surface area contributed by atoms with Crippen LogP contribution < -0.4 is 10.6 Å². The average molecular weight is 359 g/mol. The summed E-state index contributed by atoms with van der Waals surface area (Å²) in [6.45, 7) is 1.14. The predicted molar refractivity (Wildman–Crippen MR) is 87.5 cm³/mol. The Balaban J connectivity index is 1.70. The van der Waals surface area contributed by atoms with Crippen LogP contribution in [0.3, 0.4) is 0 Å². The molecule has 0 bridgehead atoms. The van der Waals surface area contributed by atoms with Gasteiger partial charge in [0.1, 0.15) is 0 Å². The van der Waals surface area contributed by atoms with E-state index in [9.17, 15) is 13.6 Å². The Bertz CT molecular complexity index is 606. The van der Waals surface area contributed by atoms with Gasteiger partial charge in [-0.2, -0.15) is 0 Å². The Morgan fingerprint density at radius 2 is 2.12 bits per heavy atom. The van der Waals surface area contributed by atoms with Crippen LogP contribution in [-0.2, 0) is 14.9 Å². The number of ether oxygens (including phenoxy) is 1. The van der Waals surface area contributed by atoms with Crippen molar-refractivity contribution in [3.63, 3.8) is 0 Å². The minimum absolute atomic E-state index is 0.278. The number of amides is 1. The molecule has 7 heteroatoms. The van der Waals surface area contributed by atoms with Crippen LogP contribution in [0.15, 0.2) is 24.3 Å². The van der Waals surface area contributed by atoms with Crippen molar-refractivity contribution in [1.29, 1.82) is 0 Å². The molecule has 2 heterocycles. The molecule has 0 spiro atoms. The number of hydrogen-bond acceptors (Lipinski definition) is 3. The second-order valence-electron chi connectivity index (χ2n) is 6.61. The van der Waals surface area contributed by atoms with Gasteiger partial charge in [0.25, 0.3) is 5.92 Å². The molecule has 1 aromatic carbocycles. The van der Waals surface area contributed by atoms with Gasteiger partial charge >= 0.3 is 0 Å². The van der Waals surface area contributed by atoms with Gasteiger partial charge in [-0.3, -0.25) is 10.1 Å². The van der Waals surface area contributed by atoms with E-state index in [0.29, 0.717) is 24.8 Å². The van der Waals surface area contributed by atoms with Gasteiger partial charge in [-0.05, 0) is 30.5 Å². The SMILES string of the molecule is O=C(NCC1(c2cccc(Cl)c2)CCOCC1)C1CC(F)(F)CN1. The highest BCUT2D eigenvalue weighted by molar-refractivity contribution is 6.30. The van der Waals surface area contributed by atoms with E-state index >= 15 is 0 Å². The largest absolute Gasteiger partial charge is 0.381 e. The van der Waals surface area contributed by atoms with E-state index in [2.05, 4.69) is 10.6 Å². The fourth-order valence-electron chi connectivity index (χ4n) is 3.43. The molecule has 3 rings (SSSR count). The number of hydrogen-bond donors (Lipinski definition) is 2. The summed E-state index contributed by atoms with van der Waals surface area (Å²) in [6, 6.07) is 6.75. The van der Waals surface area contributed by atoms with Gasteiger partial charge in [-0.1, -0.05) is 23.7 Å². The third kappa shape index (κ3) is 3.87. The number of nitrogens with one attached hydrogen (secondary N) is 2. The van der Waals surface area contributed by atoms with E-state index in [1.807, 2.05) is 18.2 Å². The molecule has 1 unspecified atom stereocenters. The van der Waals surface area contributed by atoms with E-state index in [1.54, 1.807) is 6.07 Å². The monoisotopic (exact) mass is 358 g/mol. The maximum atomic E-state index is 13.3. The van der Waals surface area contributed by atoms with Gasteiger partial charge in [0.2, 0.25) is 5.91 Å². The molecule has 0 saturated carbocycles. The smallest absolute Gasteiger partial charge is 0.262 e. The van der Waals surface area contributed by atoms with Gasteiger partial charge in [-0.15, -0.1) is 0 Å². The molecule has 1 aromatic rings. The Labute approximate surface area is 144 Å². The lowest BCUT2D eigenvalue weighted by molar-refractivity contribution is -0.123. The average Bonchev–Trinajstić information content (AvgIpc) is 2.94. The fraction of sp³-hybridized carbons (Fsp3) is 0.588. The van der Waals surface area contributed by atoms with Gasteiger partial charge in [0.15, 0.2) is 0 Å². The molecule has 2 N–H and O–H groups in total. The maximum Gasteiger partial charge on any atom is 0.262 e. The third-order valence-corrected chi connectivity index (χ3v) is 5.15. The second kappa shape index (κ2) is 6.94. The van der Waals surface area contributed by atoms with Crippen molar-refractivity contribution in [2.75, 3.05) is 26.3 Å². The van der Waals surface area contributed by atoms with E-state index in [-0.39, 0.29) is 11.3 Å². The lowest BCUT2D eigenvalue weighted by Gasteiger charge is -2.38. The Morgan fingerprint density at radius 1 is 1.38 bits per heavy atom. The molecule has 1 amide bonds. The standard InChI is InChI=1S/C17H21ClF2N2O2/c18-13-3-1-2-12(8-13)16(4-6-24-7-5-16)10-22-15(23)14-9-17(19,20)11-21-14/h1-3,8,14,21H,4-7,9-11H2,(H,22,23). The van der Waals surface area contributed by atoms with Crippen LogP contribution in [0.4, 0.5) is 8.78 Å². The van der Waals surface area contributed by atoms with Crippen LogP contribution in [0.5, 0.6) is 0 Å². The topological polar surface area (TPSA) is 50.4 Å². The number of carbonyl (C=O) groups excluding carboxylic acids is 1. The first-order valence-corrected chi connectivity index (χ1v) is 8.51. The molecule has 4 nitrogen and oxygen atoms in total. The highest BCUT2D eigenvalue weighted by Gasteiger charge is 2.43. The van der Waals surface area contributed by atoms with E-state index in [1.165, 1.54) is 0 Å². The molecule has 2 aliphatic heterocycles. The van der Waals surface area contributed by atoms with Gasteiger partial charge in [0, 0.05) is 36.6 Å². The van der Waals surface area contributed by atoms with Gasteiger partial charge in [0.05, 0.1) is 12.6 Å². The molecule has 24 heavy (non-hydrogen) atoms. The number of alkyl halides is 2. The summed E-state index contributed by atoms with van der Waals surface area (Å²) in [4.78, 5) is 12.3. The summed E-state index contributed by atoms with van der Waals surface area (Å²) in [5.74, 6) is -3.19. The summed E-state index contributed by atoms with van der Waals surface area (Å²) in [7, 11) is 0. The molecule has 2 aliphatic rings. The minimum atomic E-state index is -2.81. The van der Waals surface area contributed by atoms with Crippen LogP contribution in [-0.4, -0.2) is 44.2 Å². The minimum Gasteiger partial charge on any atom is -0.381 e. The summed E-state index contributed by atoms with van der Waals surface area (Å²) >= 11 is 6.11. The molecule has 0 radical (unpaired) electrons. The Morgan fingerprint density at radius 3 is 2.75 bits per heavy atom. The molecule has 1 atom stereocenters. The van der Waals surface area contributed by atoms with Crippen LogP contribution in [0.25, 0.3) is 0 Å². The summed E-state index contributed by atoms with van der Waals surface area (Å²) < 4.78 is 32.0. The highest BCUT2D eigenvalue weighted by atomic mass is 35.5. The lowest BCUT2D eigenvalue weighted by Crippen LogP contribution is -2.48. The number of benzene rings is 1. The van der Waals surface area contributed by atoms with Gasteiger partial charge < -0.3 is 10.1 Å². The molecule has 2 fully saturated rings. The summed E-state index contributed by atoms with van der Waals surface area (Å²) in [6.07, 6.45) is 1.05. The van der Waals surface area contributed by atoms with Crippen molar-refractivity contribution >= 4 is 17.5 Å². The molecule has 0 aromatic heterocycles. The molecule has 132 valence electrons. The van der Waals surface area contributed by atoms with Crippen LogP contribution >= 0.6 is 11.6 Å². The van der Waals surface area contributed by atoms with E-state index in [4.69, 9.17) is 16.3 Å². The van der Waals surface area contributed by atoms with Crippen molar-refractivity contribution in [3.8, 4) is 0 Å². The maximum absolute atomic E-state index is 13.3. The fourth-order valence-corrected chi connectivity index (χ4v) is 3.62. The number of halogens is 3. The van der Waals surface area contributed by atoms with Crippen molar-refractivity contribution in [2.24, 2.45) is 0 Å². The first kappa shape index (κ1) is 17.6. The Hall–Kier alpha value is -1.24. The van der Waals surface area contributed by atoms with Crippen LogP contribution in [0.1, 0.15) is 24.8 Å². The van der Waals surface area contributed by atoms with Crippen LogP contribution in [0.2, 0.25) is 5.02 Å². The summed E-state index contributed by atoms with van der Waals surface area (Å²) in [5.41, 5.74) is 0.767. The lowest BCUT2D eigenvalue weighted by atomic mass is 9.74. The first-order chi connectivity index (χ1) is 11.4.